The summed E-state index contributed by atoms with van der Waals surface area (Å²) in [4.78, 5) is 15.1. The highest BCUT2D eigenvalue weighted by atomic mass is 19.3. The van der Waals surface area contributed by atoms with Crippen molar-refractivity contribution in [3.63, 3.8) is 0 Å². The third kappa shape index (κ3) is 3.13. The molecule has 21 heavy (non-hydrogen) atoms. The first-order valence-electron chi connectivity index (χ1n) is 5.83. The minimum absolute atomic E-state index is 0.0599. The second-order valence-corrected chi connectivity index (χ2v) is 4.15. The summed E-state index contributed by atoms with van der Waals surface area (Å²) in [6.07, 6.45) is 1.02. The van der Waals surface area contributed by atoms with Crippen molar-refractivity contribution in [2.24, 2.45) is 0 Å². The lowest BCUT2D eigenvalue weighted by atomic mass is 9.98. The summed E-state index contributed by atoms with van der Waals surface area (Å²) in [5.41, 5.74) is 0.0634. The predicted molar refractivity (Wildman–Crippen MR) is 68.0 cm³/mol. The smallest absolute Gasteiger partial charge is 0.387 e. The predicted octanol–water partition coefficient (Wildman–Crippen LogP) is 3.50. The summed E-state index contributed by atoms with van der Waals surface area (Å²) in [6.45, 7) is -1.70. The number of ether oxygens (including phenoxy) is 1. The molecule has 110 valence electrons. The number of hydrogen-bond donors (Lipinski definition) is 1. The van der Waals surface area contributed by atoms with Crippen LogP contribution in [0.25, 0.3) is 11.1 Å². The van der Waals surface area contributed by atoms with E-state index in [0.717, 1.165) is 18.3 Å². The van der Waals surface area contributed by atoms with Gasteiger partial charge >= 0.3 is 12.6 Å². The van der Waals surface area contributed by atoms with Crippen LogP contribution >= 0.6 is 0 Å². The quantitative estimate of drug-likeness (QED) is 0.938. The van der Waals surface area contributed by atoms with E-state index in [9.17, 15) is 23.1 Å². The molecule has 0 bridgehead atoms. The van der Waals surface area contributed by atoms with Crippen molar-refractivity contribution in [3.05, 3.63) is 47.5 Å². The monoisotopic (exact) mass is 297 g/mol. The molecule has 4 nitrogen and oxygen atoms in total. The number of hydrogen-bond acceptors (Lipinski definition) is 3. The second-order valence-electron chi connectivity index (χ2n) is 4.15. The number of carboxylic acids is 1. The molecule has 1 heterocycles. The number of aromatic nitrogens is 1. The van der Waals surface area contributed by atoms with Gasteiger partial charge in [-0.3, -0.25) is 4.98 Å². The van der Waals surface area contributed by atoms with Gasteiger partial charge in [-0.25, -0.2) is 9.18 Å². The molecule has 0 aliphatic heterocycles. The average molecular weight is 297 g/mol. The number of aromatic carboxylic acids is 1. The molecule has 2 rings (SSSR count). The zero-order chi connectivity index (χ0) is 15.6. The minimum atomic E-state index is -3.13. The van der Waals surface area contributed by atoms with Crippen LogP contribution in [0, 0.1) is 12.7 Å². The lowest BCUT2D eigenvalue weighted by Gasteiger charge is -2.14. The Hall–Kier alpha value is -2.57. The molecule has 2 aromatic rings. The van der Waals surface area contributed by atoms with Crippen molar-refractivity contribution in [1.29, 1.82) is 0 Å². The Balaban J connectivity index is 2.71. The number of nitrogens with zero attached hydrogens (tertiary/aromatic N) is 1. The standard InChI is InChI=1S/C14H10F3NO3/c1-7-11(13(19)20)12(8-2-4-9(15)5-3-8)10(6-18-7)21-14(16)17/h2-6,14H,1H3,(H,19,20). The number of benzene rings is 1. The Kier molecular flexibility index (Phi) is 4.11. The maximum Gasteiger partial charge on any atom is 0.387 e. The summed E-state index contributed by atoms with van der Waals surface area (Å²) in [5, 5.41) is 9.26. The van der Waals surface area contributed by atoms with E-state index >= 15 is 0 Å². The molecule has 0 aliphatic carbocycles. The van der Waals surface area contributed by atoms with E-state index in [4.69, 9.17) is 0 Å². The van der Waals surface area contributed by atoms with Crippen LogP contribution in [0.5, 0.6) is 5.75 Å². The van der Waals surface area contributed by atoms with Crippen molar-refractivity contribution < 1.29 is 27.8 Å². The Morgan fingerprint density at radius 3 is 2.43 bits per heavy atom. The molecule has 1 aromatic carbocycles. The fourth-order valence-electron chi connectivity index (χ4n) is 1.94. The highest BCUT2D eigenvalue weighted by Crippen LogP contribution is 2.35. The molecule has 0 fully saturated rings. The van der Waals surface area contributed by atoms with Gasteiger partial charge in [0.15, 0.2) is 5.75 Å². The number of aryl methyl sites for hydroxylation is 1. The van der Waals surface area contributed by atoms with Crippen LogP contribution in [0.2, 0.25) is 0 Å². The zero-order valence-electron chi connectivity index (χ0n) is 10.8. The molecule has 1 aromatic heterocycles. The number of carboxylic acid groups (broad SMARTS) is 1. The number of rotatable bonds is 4. The Bertz CT molecular complexity index is 672. The van der Waals surface area contributed by atoms with E-state index in [1.165, 1.54) is 19.1 Å². The van der Waals surface area contributed by atoms with Crippen molar-refractivity contribution >= 4 is 5.97 Å². The van der Waals surface area contributed by atoms with Crippen molar-refractivity contribution in [3.8, 4) is 16.9 Å². The number of alkyl halides is 2. The highest BCUT2D eigenvalue weighted by molar-refractivity contribution is 5.98. The summed E-state index contributed by atoms with van der Waals surface area (Å²) in [7, 11) is 0. The highest BCUT2D eigenvalue weighted by Gasteiger charge is 2.22. The van der Waals surface area contributed by atoms with Crippen LogP contribution in [0.4, 0.5) is 13.2 Å². The van der Waals surface area contributed by atoms with Crippen LogP contribution in [-0.2, 0) is 0 Å². The van der Waals surface area contributed by atoms with Gasteiger partial charge in [-0.2, -0.15) is 8.78 Å². The van der Waals surface area contributed by atoms with Gasteiger partial charge < -0.3 is 9.84 Å². The van der Waals surface area contributed by atoms with E-state index < -0.39 is 18.4 Å². The molecule has 7 heteroatoms. The van der Waals surface area contributed by atoms with Gasteiger partial charge in [0.2, 0.25) is 0 Å². The van der Waals surface area contributed by atoms with E-state index in [0.29, 0.717) is 0 Å². The molecule has 0 aliphatic rings. The maximum absolute atomic E-state index is 13.0. The van der Waals surface area contributed by atoms with E-state index in [1.807, 2.05) is 0 Å². The SMILES string of the molecule is Cc1ncc(OC(F)F)c(-c2ccc(F)cc2)c1C(=O)O. The molecule has 0 unspecified atom stereocenters. The van der Waals surface area contributed by atoms with Gasteiger partial charge in [-0.05, 0) is 24.6 Å². The van der Waals surface area contributed by atoms with Crippen LogP contribution in [0.1, 0.15) is 16.1 Å². The van der Waals surface area contributed by atoms with Gasteiger partial charge in [0.25, 0.3) is 0 Å². The Morgan fingerprint density at radius 1 is 1.29 bits per heavy atom. The minimum Gasteiger partial charge on any atom is -0.478 e. The normalized spacial score (nSPS) is 10.7. The molecular weight excluding hydrogens is 287 g/mol. The van der Waals surface area contributed by atoms with Gasteiger partial charge in [-0.15, -0.1) is 0 Å². The van der Waals surface area contributed by atoms with Crippen LogP contribution < -0.4 is 4.74 Å². The fraction of sp³-hybridized carbons (Fsp3) is 0.143. The topological polar surface area (TPSA) is 59.4 Å². The maximum atomic E-state index is 13.0. The summed E-state index contributed by atoms with van der Waals surface area (Å²) >= 11 is 0. The molecule has 0 spiro atoms. The Labute approximate surface area is 117 Å². The number of carbonyl (C=O) groups is 1. The molecule has 0 amide bonds. The second kappa shape index (κ2) is 5.82. The van der Waals surface area contributed by atoms with Crippen LogP contribution in [0.15, 0.2) is 30.5 Å². The van der Waals surface area contributed by atoms with Crippen molar-refractivity contribution in [2.75, 3.05) is 0 Å². The fourth-order valence-corrected chi connectivity index (χ4v) is 1.94. The lowest BCUT2D eigenvalue weighted by Crippen LogP contribution is -2.10. The zero-order valence-corrected chi connectivity index (χ0v) is 10.8. The Morgan fingerprint density at radius 2 is 1.90 bits per heavy atom. The van der Waals surface area contributed by atoms with Gasteiger partial charge in [0.05, 0.1) is 17.5 Å². The van der Waals surface area contributed by atoms with Gasteiger partial charge in [-0.1, -0.05) is 12.1 Å². The third-order valence-electron chi connectivity index (χ3n) is 2.80. The van der Waals surface area contributed by atoms with Crippen LogP contribution in [-0.4, -0.2) is 22.7 Å². The van der Waals surface area contributed by atoms with Crippen molar-refractivity contribution in [1.82, 2.24) is 4.98 Å². The molecule has 0 saturated carbocycles. The summed E-state index contributed by atoms with van der Waals surface area (Å²) in [6, 6.07) is 4.77. The first-order chi connectivity index (χ1) is 9.90. The van der Waals surface area contributed by atoms with Gasteiger partial charge in [0.1, 0.15) is 5.82 Å². The molecule has 1 N–H and O–H groups in total. The van der Waals surface area contributed by atoms with E-state index in [-0.39, 0.29) is 28.1 Å². The summed E-state index contributed by atoms with van der Waals surface area (Å²) < 4.78 is 42.2. The average Bonchev–Trinajstić information content (AvgIpc) is 2.40. The largest absolute Gasteiger partial charge is 0.478 e. The number of pyridine rings is 1. The molecule has 0 saturated heterocycles. The lowest BCUT2D eigenvalue weighted by molar-refractivity contribution is -0.0497. The molecule has 0 atom stereocenters. The van der Waals surface area contributed by atoms with Gasteiger partial charge in [0, 0.05) is 5.56 Å². The van der Waals surface area contributed by atoms with E-state index in [1.54, 1.807) is 0 Å². The first kappa shape index (κ1) is 14.8. The van der Waals surface area contributed by atoms with Crippen molar-refractivity contribution in [2.45, 2.75) is 13.5 Å². The first-order valence-corrected chi connectivity index (χ1v) is 5.83. The van der Waals surface area contributed by atoms with E-state index in [2.05, 4.69) is 9.72 Å². The molecule has 0 radical (unpaired) electrons. The van der Waals surface area contributed by atoms with Crippen LogP contribution in [0.3, 0.4) is 0 Å². The summed E-state index contributed by atoms with van der Waals surface area (Å²) in [5.74, 6) is -2.24. The molecular formula is C14H10F3NO3. The number of halogens is 3. The third-order valence-corrected chi connectivity index (χ3v) is 2.80.